The van der Waals surface area contributed by atoms with Crippen LogP contribution in [0.5, 0.6) is 0 Å². The summed E-state index contributed by atoms with van der Waals surface area (Å²) in [5, 5.41) is 22.4. The second-order valence-corrected chi connectivity index (χ2v) is 11.2. The molecule has 8 nitrogen and oxygen atoms in total. The van der Waals surface area contributed by atoms with Gasteiger partial charge in [-0.15, -0.1) is 21.5 Å². The van der Waals surface area contributed by atoms with Crippen LogP contribution in [0.2, 0.25) is 0 Å². The first-order chi connectivity index (χ1) is 19.2. The Morgan fingerprint density at radius 2 is 1.82 bits per heavy atom. The third-order valence-electron chi connectivity index (χ3n) is 6.64. The van der Waals surface area contributed by atoms with Crippen LogP contribution in [0.1, 0.15) is 40.3 Å². The van der Waals surface area contributed by atoms with Crippen LogP contribution >= 0.6 is 23.1 Å². The number of anilines is 1. The molecule has 0 spiro atoms. The maximum atomic E-state index is 12.8. The number of nitrogens with one attached hydrogen (secondary N) is 1. The smallest absolute Gasteiger partial charge is 0.225 e. The molecule has 1 aliphatic rings. The summed E-state index contributed by atoms with van der Waals surface area (Å²) in [6.45, 7) is 0. The van der Waals surface area contributed by atoms with Gasteiger partial charge in [0.15, 0.2) is 17.2 Å². The van der Waals surface area contributed by atoms with Crippen molar-refractivity contribution in [2.75, 3.05) is 11.1 Å². The van der Waals surface area contributed by atoms with Crippen molar-refractivity contribution in [3.8, 4) is 29.0 Å². The molecule has 39 heavy (non-hydrogen) atoms. The number of amides is 1. The van der Waals surface area contributed by atoms with E-state index in [9.17, 15) is 10.1 Å². The van der Waals surface area contributed by atoms with Crippen LogP contribution in [0.3, 0.4) is 0 Å². The molecule has 5 aromatic rings. The van der Waals surface area contributed by atoms with Gasteiger partial charge in [0.25, 0.3) is 0 Å². The minimum Gasteiger partial charge on any atom is -0.463 e. The van der Waals surface area contributed by atoms with Crippen molar-refractivity contribution in [2.45, 2.75) is 36.8 Å². The fourth-order valence-corrected chi connectivity index (χ4v) is 6.78. The molecular formula is C29H23N5O3S2. The summed E-state index contributed by atoms with van der Waals surface area (Å²) in [6.07, 6.45) is 6.11. The van der Waals surface area contributed by atoms with Crippen LogP contribution in [0.15, 0.2) is 81.1 Å². The summed E-state index contributed by atoms with van der Waals surface area (Å²) in [4.78, 5) is 18.6. The lowest BCUT2D eigenvalue weighted by Gasteiger charge is -2.22. The molecule has 1 atom stereocenters. The molecule has 194 valence electrons. The minimum atomic E-state index is -0.149. The number of benzene rings is 1. The summed E-state index contributed by atoms with van der Waals surface area (Å²) < 4.78 is 11.0. The Hall–Kier alpha value is -4.20. The van der Waals surface area contributed by atoms with Gasteiger partial charge in [0.05, 0.1) is 18.1 Å². The highest BCUT2D eigenvalue weighted by Gasteiger charge is 2.27. The van der Waals surface area contributed by atoms with Crippen molar-refractivity contribution in [1.29, 1.82) is 5.26 Å². The topological polar surface area (TPSA) is 118 Å². The zero-order chi connectivity index (χ0) is 26.6. The van der Waals surface area contributed by atoms with Crippen LogP contribution in [0.4, 0.5) is 5.00 Å². The molecule has 4 aromatic heterocycles. The molecule has 4 heterocycles. The Balaban J connectivity index is 1.11. The van der Waals surface area contributed by atoms with Gasteiger partial charge in [-0.05, 0) is 60.6 Å². The number of aromatic nitrogens is 3. The maximum Gasteiger partial charge on any atom is 0.225 e. The normalized spacial score (nSPS) is 14.5. The van der Waals surface area contributed by atoms with Crippen LogP contribution in [-0.4, -0.2) is 26.8 Å². The molecule has 0 saturated carbocycles. The lowest BCUT2D eigenvalue weighted by atomic mass is 9.83. The molecular weight excluding hydrogens is 530 g/mol. The summed E-state index contributed by atoms with van der Waals surface area (Å²) in [5.41, 5.74) is 4.01. The van der Waals surface area contributed by atoms with E-state index in [0.29, 0.717) is 50.3 Å². The lowest BCUT2D eigenvalue weighted by molar-refractivity contribution is -0.115. The number of nitriles is 1. The summed E-state index contributed by atoms with van der Waals surface area (Å²) in [5.74, 6) is 1.83. The van der Waals surface area contributed by atoms with Crippen molar-refractivity contribution in [1.82, 2.24) is 15.2 Å². The largest absolute Gasteiger partial charge is 0.463 e. The number of hydrogen-bond acceptors (Lipinski definition) is 9. The predicted molar refractivity (Wildman–Crippen MR) is 149 cm³/mol. The van der Waals surface area contributed by atoms with Gasteiger partial charge in [0.1, 0.15) is 16.8 Å². The van der Waals surface area contributed by atoms with Crippen LogP contribution in [0, 0.1) is 11.3 Å². The quantitative estimate of drug-likeness (QED) is 0.210. The summed E-state index contributed by atoms with van der Waals surface area (Å²) >= 11 is 2.86. The zero-order valence-corrected chi connectivity index (χ0v) is 22.4. The predicted octanol–water partition coefficient (Wildman–Crippen LogP) is 6.72. The molecule has 10 heteroatoms. The number of fused-ring (bicyclic) bond motifs is 1. The summed E-state index contributed by atoms with van der Waals surface area (Å²) in [6, 6.07) is 19.9. The van der Waals surface area contributed by atoms with Crippen LogP contribution in [0.25, 0.3) is 22.9 Å². The van der Waals surface area contributed by atoms with Gasteiger partial charge in [-0.1, -0.05) is 42.1 Å². The highest BCUT2D eigenvalue weighted by molar-refractivity contribution is 7.99. The van der Waals surface area contributed by atoms with Crippen molar-refractivity contribution < 1.29 is 13.6 Å². The molecule has 0 radical (unpaired) electrons. The maximum absolute atomic E-state index is 12.8. The number of thiophene rings is 1. The van der Waals surface area contributed by atoms with Gasteiger partial charge in [-0.25, -0.2) is 4.98 Å². The van der Waals surface area contributed by atoms with E-state index in [-0.39, 0.29) is 12.3 Å². The fraction of sp³-hybridized carbons (Fsp3) is 0.207. The Bertz CT molecular complexity index is 1620. The molecule has 0 aliphatic heterocycles. The molecule has 1 aliphatic carbocycles. The lowest BCUT2D eigenvalue weighted by Crippen LogP contribution is -2.13. The first-order valence-corrected chi connectivity index (χ1v) is 14.3. The highest BCUT2D eigenvalue weighted by Crippen LogP contribution is 2.42. The Kier molecular flexibility index (Phi) is 7.25. The van der Waals surface area contributed by atoms with Crippen LogP contribution in [-0.2, 0) is 17.6 Å². The van der Waals surface area contributed by atoms with E-state index in [1.165, 1.54) is 33.5 Å². The molecule has 1 unspecified atom stereocenters. The number of nitrogens with zero attached hydrogens (tertiary/aromatic N) is 4. The second-order valence-electron chi connectivity index (χ2n) is 9.06. The minimum absolute atomic E-state index is 0.149. The van der Waals surface area contributed by atoms with E-state index >= 15 is 0 Å². The molecule has 0 saturated heterocycles. The van der Waals surface area contributed by atoms with Gasteiger partial charge in [-0.2, -0.15) is 5.26 Å². The van der Waals surface area contributed by atoms with E-state index in [1.54, 1.807) is 36.8 Å². The Morgan fingerprint density at radius 3 is 2.54 bits per heavy atom. The Labute approximate surface area is 233 Å². The van der Waals surface area contributed by atoms with Gasteiger partial charge >= 0.3 is 0 Å². The number of rotatable bonds is 8. The number of carbonyl (C=O) groups excluding carboxylic acids is 1. The molecule has 1 N–H and O–H groups in total. The number of thioether (sulfide) groups is 1. The van der Waals surface area contributed by atoms with E-state index < -0.39 is 0 Å². The zero-order valence-electron chi connectivity index (χ0n) is 20.8. The number of furan rings is 2. The Morgan fingerprint density at radius 1 is 1.05 bits per heavy atom. The van der Waals surface area contributed by atoms with Gasteiger partial charge in [0, 0.05) is 17.1 Å². The van der Waals surface area contributed by atoms with Crippen LogP contribution < -0.4 is 5.32 Å². The fourth-order valence-electron chi connectivity index (χ4n) is 4.76. The van der Waals surface area contributed by atoms with Gasteiger partial charge in [0.2, 0.25) is 11.1 Å². The number of carbonyl (C=O) groups is 1. The van der Waals surface area contributed by atoms with Crippen molar-refractivity contribution in [2.24, 2.45) is 0 Å². The second kappa shape index (κ2) is 11.3. The SMILES string of the molecule is N#Cc1c(NC(=O)CCSc2nnc(-c3ccco3)c(-c3ccco3)n2)sc2c1CCC(c1ccccc1)C2. The van der Waals surface area contributed by atoms with Crippen molar-refractivity contribution in [3.63, 3.8) is 0 Å². The standard InChI is InChI=1S/C29H23N5O3S2/c30-17-21-20-11-10-19(18-6-2-1-3-7-18)16-24(20)39-28(21)31-25(35)12-15-38-29-32-26(22-8-4-13-36-22)27(33-34-29)23-9-5-14-37-23/h1-9,13-14,19H,10-12,15-16H2,(H,31,35). The van der Waals surface area contributed by atoms with E-state index in [4.69, 9.17) is 8.83 Å². The average molecular weight is 554 g/mol. The number of hydrogen-bond donors (Lipinski definition) is 1. The van der Waals surface area contributed by atoms with E-state index in [0.717, 1.165) is 24.8 Å². The van der Waals surface area contributed by atoms with Crippen molar-refractivity contribution >= 4 is 34.0 Å². The monoisotopic (exact) mass is 553 g/mol. The van der Waals surface area contributed by atoms with E-state index in [1.807, 2.05) is 6.07 Å². The average Bonchev–Trinajstić information content (AvgIpc) is 3.75. The molecule has 0 bridgehead atoms. The molecule has 1 aromatic carbocycles. The molecule has 6 rings (SSSR count). The third kappa shape index (κ3) is 5.37. The molecule has 0 fully saturated rings. The summed E-state index contributed by atoms with van der Waals surface area (Å²) in [7, 11) is 0. The third-order valence-corrected chi connectivity index (χ3v) is 8.65. The van der Waals surface area contributed by atoms with Gasteiger partial charge in [-0.3, -0.25) is 4.79 Å². The van der Waals surface area contributed by atoms with E-state index in [2.05, 4.69) is 50.8 Å². The van der Waals surface area contributed by atoms with Crippen molar-refractivity contribution in [3.05, 3.63) is 88.7 Å². The van der Waals surface area contributed by atoms with Gasteiger partial charge < -0.3 is 14.2 Å². The first kappa shape index (κ1) is 25.1. The highest BCUT2D eigenvalue weighted by atomic mass is 32.2. The molecule has 1 amide bonds. The first-order valence-electron chi connectivity index (χ1n) is 12.5.